The molecule has 0 radical (unpaired) electrons. The Morgan fingerprint density at radius 3 is 1.10 bits per heavy atom. The van der Waals surface area contributed by atoms with Crippen molar-refractivity contribution in [2.45, 2.75) is 52.4 Å². The molecule has 0 aliphatic rings. The van der Waals surface area contributed by atoms with Crippen LogP contribution in [0.4, 0.5) is 0 Å². The molecule has 0 spiro atoms. The van der Waals surface area contributed by atoms with Crippen molar-refractivity contribution in [2.75, 3.05) is 0 Å². The van der Waals surface area contributed by atoms with Crippen LogP contribution in [-0.2, 0) is 16.5 Å². The summed E-state index contributed by atoms with van der Waals surface area (Å²) in [5, 5.41) is 2.23. The number of hydrogen-bond acceptors (Lipinski definition) is 4. The van der Waals surface area contributed by atoms with Gasteiger partial charge >= 0.3 is 8.56 Å². The molecule has 0 amide bonds. The van der Waals surface area contributed by atoms with Crippen molar-refractivity contribution in [3.05, 3.63) is 60.7 Å². The predicted octanol–water partition coefficient (Wildman–Crippen LogP) is 3.68. The second-order valence-corrected chi connectivity index (χ2v) is 26.1. The topological polar surface area (TPSA) is 36.9 Å². The fourth-order valence-electron chi connectivity index (χ4n) is 3.29. The van der Waals surface area contributed by atoms with E-state index in [0.717, 1.165) is 10.4 Å². The highest BCUT2D eigenvalue weighted by Gasteiger charge is 2.46. The average Bonchev–Trinajstić information content (AvgIpc) is 2.59. The van der Waals surface area contributed by atoms with E-state index in [-0.39, 0.29) is 0 Å². The SMILES string of the molecule is C[SiH](O[Si](C)(C)C)O[Si](O[SiH](C)O[Si](C)(C)C)(c1ccccc1)c1ccccc1. The second kappa shape index (κ2) is 10.1. The van der Waals surface area contributed by atoms with Gasteiger partial charge in [-0.25, -0.2) is 0 Å². The first-order chi connectivity index (χ1) is 13.4. The lowest BCUT2D eigenvalue weighted by molar-refractivity contribution is 0.339. The quantitative estimate of drug-likeness (QED) is 0.486. The average molecular weight is 481 g/mol. The zero-order valence-electron chi connectivity index (χ0n) is 19.1. The van der Waals surface area contributed by atoms with E-state index in [1.807, 2.05) is 12.1 Å². The summed E-state index contributed by atoms with van der Waals surface area (Å²) in [7, 11) is -10.2. The van der Waals surface area contributed by atoms with Gasteiger partial charge in [0.2, 0.25) is 0 Å². The van der Waals surface area contributed by atoms with Crippen molar-refractivity contribution < 1.29 is 16.5 Å². The van der Waals surface area contributed by atoms with E-state index in [9.17, 15) is 0 Å². The zero-order chi connectivity index (χ0) is 21.7. The lowest BCUT2D eigenvalue weighted by Crippen LogP contribution is -2.68. The number of hydrogen-bond donors (Lipinski definition) is 0. The molecule has 0 saturated carbocycles. The van der Waals surface area contributed by atoms with E-state index in [0.29, 0.717) is 0 Å². The summed E-state index contributed by atoms with van der Waals surface area (Å²) >= 11 is 0. The zero-order valence-corrected chi connectivity index (χ0v) is 24.4. The molecule has 2 aromatic carbocycles. The van der Waals surface area contributed by atoms with Crippen molar-refractivity contribution >= 4 is 54.1 Å². The van der Waals surface area contributed by atoms with E-state index in [2.05, 4.69) is 101 Å². The molecule has 0 saturated heterocycles. The van der Waals surface area contributed by atoms with E-state index < -0.39 is 43.8 Å². The first kappa shape index (κ1) is 24.6. The Kier molecular flexibility index (Phi) is 8.59. The normalized spacial score (nSPS) is 15.2. The van der Waals surface area contributed by atoms with E-state index >= 15 is 0 Å². The van der Waals surface area contributed by atoms with E-state index in [1.165, 1.54) is 0 Å². The highest BCUT2D eigenvalue weighted by Crippen LogP contribution is 2.18. The highest BCUT2D eigenvalue weighted by molar-refractivity contribution is 6.99. The Bertz CT molecular complexity index is 681. The summed E-state index contributed by atoms with van der Waals surface area (Å²) in [6.45, 7) is 17.5. The Labute approximate surface area is 183 Å². The van der Waals surface area contributed by atoms with Crippen LogP contribution in [0.5, 0.6) is 0 Å². The maximum atomic E-state index is 6.91. The first-order valence-electron chi connectivity index (χ1n) is 10.2. The summed E-state index contributed by atoms with van der Waals surface area (Å²) in [5.41, 5.74) is 0. The molecule has 2 unspecified atom stereocenters. The van der Waals surface area contributed by atoms with Gasteiger partial charge < -0.3 is 16.5 Å². The molecular formula is C20H36O4Si5. The third-order valence-electron chi connectivity index (χ3n) is 4.01. The molecular weight excluding hydrogens is 445 g/mol. The highest BCUT2D eigenvalue weighted by atomic mass is 28.5. The molecule has 9 heteroatoms. The van der Waals surface area contributed by atoms with Crippen LogP contribution in [0.3, 0.4) is 0 Å². The minimum absolute atomic E-state index is 1.11. The minimum Gasteiger partial charge on any atom is -0.439 e. The molecule has 2 rings (SSSR count). The van der Waals surface area contributed by atoms with Gasteiger partial charge in [0, 0.05) is 0 Å². The molecule has 0 N–H and O–H groups in total. The van der Waals surface area contributed by atoms with Gasteiger partial charge in [0.05, 0.1) is 0 Å². The molecule has 0 heterocycles. The van der Waals surface area contributed by atoms with E-state index in [4.69, 9.17) is 16.5 Å². The van der Waals surface area contributed by atoms with Crippen molar-refractivity contribution in [1.82, 2.24) is 0 Å². The molecule has 2 aromatic rings. The molecule has 0 aromatic heterocycles. The molecule has 160 valence electrons. The third-order valence-corrected chi connectivity index (χ3v) is 19.8. The van der Waals surface area contributed by atoms with Gasteiger partial charge in [-0.2, -0.15) is 0 Å². The number of benzene rings is 2. The van der Waals surface area contributed by atoms with Crippen LogP contribution in [0.2, 0.25) is 52.4 Å². The third kappa shape index (κ3) is 7.85. The van der Waals surface area contributed by atoms with Gasteiger partial charge in [0.1, 0.15) is 0 Å². The number of rotatable bonds is 10. The second-order valence-electron chi connectivity index (χ2n) is 9.18. The van der Waals surface area contributed by atoms with Crippen molar-refractivity contribution in [3.8, 4) is 0 Å². The maximum Gasteiger partial charge on any atom is 0.389 e. The Hall–Kier alpha value is -0.636. The van der Waals surface area contributed by atoms with Crippen LogP contribution in [0, 0.1) is 0 Å². The minimum atomic E-state index is -2.96. The lowest BCUT2D eigenvalue weighted by Gasteiger charge is -2.38. The maximum absolute atomic E-state index is 6.91. The Morgan fingerprint density at radius 1 is 0.517 bits per heavy atom. The van der Waals surface area contributed by atoms with Crippen molar-refractivity contribution in [2.24, 2.45) is 0 Å². The van der Waals surface area contributed by atoms with Gasteiger partial charge in [-0.1, -0.05) is 60.7 Å². The largest absolute Gasteiger partial charge is 0.439 e. The van der Waals surface area contributed by atoms with Crippen molar-refractivity contribution in [1.29, 1.82) is 0 Å². The summed E-state index contributed by atoms with van der Waals surface area (Å²) in [5.74, 6) is 0. The fraction of sp³-hybridized carbons (Fsp3) is 0.400. The molecule has 0 aliphatic carbocycles. The van der Waals surface area contributed by atoms with Crippen LogP contribution in [0.25, 0.3) is 0 Å². The van der Waals surface area contributed by atoms with Crippen molar-refractivity contribution in [3.63, 3.8) is 0 Å². The van der Waals surface area contributed by atoms with Crippen LogP contribution in [0.1, 0.15) is 0 Å². The first-order valence-corrected chi connectivity index (χ1v) is 23.1. The predicted molar refractivity (Wildman–Crippen MR) is 135 cm³/mol. The lowest BCUT2D eigenvalue weighted by atomic mass is 10.4. The molecule has 0 aliphatic heterocycles. The van der Waals surface area contributed by atoms with Gasteiger partial charge in [-0.05, 0) is 62.7 Å². The monoisotopic (exact) mass is 480 g/mol. The van der Waals surface area contributed by atoms with E-state index in [1.54, 1.807) is 0 Å². The van der Waals surface area contributed by atoms with Gasteiger partial charge in [-0.3, -0.25) is 0 Å². The molecule has 0 bridgehead atoms. The van der Waals surface area contributed by atoms with Gasteiger partial charge in [-0.15, -0.1) is 0 Å². The molecule has 29 heavy (non-hydrogen) atoms. The van der Waals surface area contributed by atoms with Gasteiger partial charge in [0.25, 0.3) is 18.6 Å². The van der Waals surface area contributed by atoms with Crippen LogP contribution in [0.15, 0.2) is 60.7 Å². The van der Waals surface area contributed by atoms with Crippen LogP contribution in [-0.4, -0.2) is 43.8 Å². The molecule has 4 nitrogen and oxygen atoms in total. The van der Waals surface area contributed by atoms with Crippen LogP contribution < -0.4 is 10.4 Å². The molecule has 2 atom stereocenters. The standard InChI is InChI=1S/C20H36O4Si5/c1-25(21-27(3,4)5)23-29(19-15-11-9-12-16-19,20-17-13-10-14-18-20)24-26(2)22-28(6,7)8/h9-18,25-26H,1-8H3. The van der Waals surface area contributed by atoms with Crippen LogP contribution >= 0.6 is 0 Å². The Balaban J connectivity index is 2.53. The Morgan fingerprint density at radius 2 is 0.828 bits per heavy atom. The summed E-state index contributed by atoms with van der Waals surface area (Å²) in [4.78, 5) is 0. The summed E-state index contributed by atoms with van der Waals surface area (Å²) in [6.07, 6.45) is 0. The molecule has 0 fully saturated rings. The van der Waals surface area contributed by atoms with Gasteiger partial charge in [0.15, 0.2) is 16.6 Å². The summed E-state index contributed by atoms with van der Waals surface area (Å²) in [6, 6.07) is 20.8. The summed E-state index contributed by atoms with van der Waals surface area (Å²) < 4.78 is 26.6. The smallest absolute Gasteiger partial charge is 0.389 e. The fourth-order valence-corrected chi connectivity index (χ4v) is 20.7.